The number of hydrogen-bond acceptors (Lipinski definition) is 3. The fourth-order valence-corrected chi connectivity index (χ4v) is 4.38. The predicted octanol–water partition coefficient (Wildman–Crippen LogP) is 2.84. The Kier molecular flexibility index (Phi) is 3.92. The third-order valence-corrected chi connectivity index (χ3v) is 5.30. The van der Waals surface area contributed by atoms with Crippen molar-refractivity contribution in [2.45, 2.75) is 17.2 Å². The van der Waals surface area contributed by atoms with Gasteiger partial charge in [-0.3, -0.25) is 0 Å². The van der Waals surface area contributed by atoms with Crippen LogP contribution in [0.25, 0.3) is 0 Å². The normalized spacial score (nSPS) is 27.6. The van der Waals surface area contributed by atoms with Crippen molar-refractivity contribution in [2.24, 2.45) is 5.92 Å². The zero-order valence-corrected chi connectivity index (χ0v) is 11.8. The smallest absolute Gasteiger partial charge is 0.0503 e. The predicted molar refractivity (Wildman–Crippen MR) is 76.3 cm³/mol. The first kappa shape index (κ1) is 12.5. The summed E-state index contributed by atoms with van der Waals surface area (Å²) in [4.78, 5) is 4.12. The van der Waals surface area contributed by atoms with Gasteiger partial charge >= 0.3 is 0 Å². The van der Waals surface area contributed by atoms with Gasteiger partial charge in [-0.1, -0.05) is 18.2 Å². The Bertz CT molecular complexity index is 409. The van der Waals surface area contributed by atoms with Crippen LogP contribution >= 0.6 is 11.8 Å². The number of ether oxygens (including phenoxy) is 1. The number of thioether (sulfide) groups is 1. The van der Waals surface area contributed by atoms with Crippen LogP contribution in [0.4, 0.5) is 0 Å². The molecule has 2 heterocycles. The molecule has 1 fully saturated rings. The van der Waals surface area contributed by atoms with Crippen LogP contribution < -0.4 is 0 Å². The monoisotopic (exact) mass is 263 g/mol. The number of fused-ring (bicyclic) bond motifs is 1. The largest absolute Gasteiger partial charge is 0.384 e. The summed E-state index contributed by atoms with van der Waals surface area (Å²) in [6.07, 6.45) is 1.30. The molecule has 2 atom stereocenters. The summed E-state index contributed by atoms with van der Waals surface area (Å²) in [7, 11) is 1.81. The van der Waals surface area contributed by atoms with E-state index >= 15 is 0 Å². The SMILES string of the molecule is COCC1CCN(CC2CSc3ccccc32)C1. The Hall–Kier alpha value is -0.510. The van der Waals surface area contributed by atoms with Crippen LogP contribution in [0.2, 0.25) is 0 Å². The molecule has 2 nitrogen and oxygen atoms in total. The van der Waals surface area contributed by atoms with E-state index in [2.05, 4.69) is 29.2 Å². The molecule has 0 aliphatic carbocycles. The van der Waals surface area contributed by atoms with Gasteiger partial charge in [0, 0.05) is 36.8 Å². The Balaban J connectivity index is 1.59. The molecule has 0 bridgehead atoms. The molecule has 0 saturated carbocycles. The first-order chi connectivity index (χ1) is 8.86. The molecule has 2 aliphatic rings. The van der Waals surface area contributed by atoms with E-state index in [9.17, 15) is 0 Å². The lowest BCUT2D eigenvalue weighted by molar-refractivity contribution is 0.153. The molecule has 0 radical (unpaired) electrons. The third-order valence-electron chi connectivity index (χ3n) is 4.05. The Morgan fingerprint density at radius 3 is 3.17 bits per heavy atom. The minimum Gasteiger partial charge on any atom is -0.384 e. The van der Waals surface area contributed by atoms with Crippen LogP contribution in [0.3, 0.4) is 0 Å². The van der Waals surface area contributed by atoms with Crippen molar-refractivity contribution in [2.75, 3.05) is 39.1 Å². The molecule has 0 amide bonds. The van der Waals surface area contributed by atoms with Crippen LogP contribution in [-0.2, 0) is 4.74 Å². The zero-order valence-electron chi connectivity index (χ0n) is 11.0. The molecule has 3 rings (SSSR count). The van der Waals surface area contributed by atoms with Gasteiger partial charge in [0.25, 0.3) is 0 Å². The van der Waals surface area contributed by atoms with Gasteiger partial charge in [-0.15, -0.1) is 11.8 Å². The highest BCUT2D eigenvalue weighted by Gasteiger charge is 2.28. The highest BCUT2D eigenvalue weighted by atomic mass is 32.2. The number of nitrogens with zero attached hydrogens (tertiary/aromatic N) is 1. The van der Waals surface area contributed by atoms with Crippen molar-refractivity contribution in [1.29, 1.82) is 0 Å². The van der Waals surface area contributed by atoms with E-state index in [1.165, 1.54) is 36.7 Å². The van der Waals surface area contributed by atoms with Crippen molar-refractivity contribution in [1.82, 2.24) is 4.90 Å². The van der Waals surface area contributed by atoms with Crippen molar-refractivity contribution in [3.63, 3.8) is 0 Å². The average Bonchev–Trinajstić information content (AvgIpc) is 2.99. The molecule has 1 saturated heterocycles. The maximum Gasteiger partial charge on any atom is 0.0503 e. The lowest BCUT2D eigenvalue weighted by atomic mass is 10.0. The molecule has 2 aliphatic heterocycles. The summed E-state index contributed by atoms with van der Waals surface area (Å²) in [6.45, 7) is 4.62. The molecule has 0 spiro atoms. The minimum atomic E-state index is 0.729. The van der Waals surface area contributed by atoms with Crippen molar-refractivity contribution in [3.05, 3.63) is 29.8 Å². The van der Waals surface area contributed by atoms with Gasteiger partial charge in [0.1, 0.15) is 0 Å². The Labute approximate surface area is 114 Å². The number of benzene rings is 1. The molecule has 1 aromatic carbocycles. The minimum absolute atomic E-state index is 0.729. The van der Waals surface area contributed by atoms with E-state index < -0.39 is 0 Å². The summed E-state index contributed by atoms with van der Waals surface area (Å²) in [5.41, 5.74) is 1.57. The maximum atomic E-state index is 5.27. The van der Waals surface area contributed by atoms with Crippen LogP contribution in [0.15, 0.2) is 29.2 Å². The fraction of sp³-hybridized carbons (Fsp3) is 0.600. The van der Waals surface area contributed by atoms with Gasteiger partial charge < -0.3 is 9.64 Å². The van der Waals surface area contributed by atoms with Crippen LogP contribution in [-0.4, -0.2) is 44.0 Å². The van der Waals surface area contributed by atoms with E-state index in [1.807, 2.05) is 18.9 Å². The number of methoxy groups -OCH3 is 1. The lowest BCUT2D eigenvalue weighted by Crippen LogP contribution is -2.27. The first-order valence-corrected chi connectivity index (χ1v) is 7.78. The summed E-state index contributed by atoms with van der Waals surface area (Å²) < 4.78 is 5.27. The number of likely N-dealkylation sites (tertiary alicyclic amines) is 1. The summed E-state index contributed by atoms with van der Waals surface area (Å²) >= 11 is 2.02. The summed E-state index contributed by atoms with van der Waals surface area (Å²) in [6, 6.07) is 8.90. The second kappa shape index (κ2) is 5.64. The van der Waals surface area contributed by atoms with E-state index in [0.29, 0.717) is 0 Å². The Morgan fingerprint density at radius 1 is 1.39 bits per heavy atom. The van der Waals surface area contributed by atoms with Crippen LogP contribution in [0, 0.1) is 5.92 Å². The molecule has 2 unspecified atom stereocenters. The van der Waals surface area contributed by atoms with Gasteiger partial charge in [0.15, 0.2) is 0 Å². The van der Waals surface area contributed by atoms with Crippen LogP contribution in [0.1, 0.15) is 17.9 Å². The highest BCUT2D eigenvalue weighted by molar-refractivity contribution is 7.99. The molecule has 1 aromatic rings. The first-order valence-electron chi connectivity index (χ1n) is 6.80. The molecule has 3 heteroatoms. The number of hydrogen-bond donors (Lipinski definition) is 0. The third kappa shape index (κ3) is 2.58. The van der Waals surface area contributed by atoms with Gasteiger partial charge in [-0.05, 0) is 30.5 Å². The maximum absolute atomic E-state index is 5.27. The van der Waals surface area contributed by atoms with Gasteiger partial charge in [0.05, 0.1) is 6.61 Å². The average molecular weight is 263 g/mol. The second-order valence-corrected chi connectivity index (χ2v) is 6.48. The van der Waals surface area contributed by atoms with Crippen molar-refractivity contribution < 1.29 is 4.74 Å². The highest BCUT2D eigenvalue weighted by Crippen LogP contribution is 2.40. The molecule has 0 N–H and O–H groups in total. The summed E-state index contributed by atoms with van der Waals surface area (Å²) in [5, 5.41) is 0. The molecule has 0 aromatic heterocycles. The molecular weight excluding hydrogens is 242 g/mol. The van der Waals surface area contributed by atoms with E-state index in [4.69, 9.17) is 4.74 Å². The zero-order chi connectivity index (χ0) is 12.4. The molecule has 98 valence electrons. The van der Waals surface area contributed by atoms with Gasteiger partial charge in [0.2, 0.25) is 0 Å². The molecular formula is C15H21NOS. The van der Waals surface area contributed by atoms with Crippen LogP contribution in [0.5, 0.6) is 0 Å². The van der Waals surface area contributed by atoms with Gasteiger partial charge in [-0.25, -0.2) is 0 Å². The fourth-order valence-electron chi connectivity index (χ4n) is 3.14. The van der Waals surface area contributed by atoms with Gasteiger partial charge in [-0.2, -0.15) is 0 Å². The van der Waals surface area contributed by atoms with Crippen molar-refractivity contribution in [3.8, 4) is 0 Å². The quantitative estimate of drug-likeness (QED) is 0.829. The Morgan fingerprint density at radius 2 is 2.28 bits per heavy atom. The van der Waals surface area contributed by atoms with E-state index in [0.717, 1.165) is 18.4 Å². The second-order valence-electron chi connectivity index (χ2n) is 5.42. The standard InChI is InChI=1S/C15H21NOS/c1-17-10-12-6-7-16(8-12)9-13-11-18-15-5-3-2-4-14(13)15/h2-5,12-13H,6-11H2,1H3. The summed E-state index contributed by atoms with van der Waals surface area (Å²) in [5.74, 6) is 2.73. The number of rotatable bonds is 4. The van der Waals surface area contributed by atoms with E-state index in [1.54, 1.807) is 5.56 Å². The lowest BCUT2D eigenvalue weighted by Gasteiger charge is -2.20. The topological polar surface area (TPSA) is 12.5 Å². The van der Waals surface area contributed by atoms with E-state index in [-0.39, 0.29) is 0 Å². The van der Waals surface area contributed by atoms with Crippen molar-refractivity contribution >= 4 is 11.8 Å². The molecule has 18 heavy (non-hydrogen) atoms.